The highest BCUT2D eigenvalue weighted by molar-refractivity contribution is 5.86. The molecule has 0 spiro atoms. The third-order valence-corrected chi connectivity index (χ3v) is 4.41. The second kappa shape index (κ2) is 3.48. The van der Waals surface area contributed by atoms with Crippen LogP contribution in [0.15, 0.2) is 0 Å². The number of nitriles is 1. The molecular weight excluding hydrogens is 200 g/mol. The second-order valence-corrected chi connectivity index (χ2v) is 5.72. The largest absolute Gasteiger partial charge is 0.351 e. The first-order valence-electron chi connectivity index (χ1n) is 6.47. The molecule has 3 aliphatic carbocycles. The summed E-state index contributed by atoms with van der Waals surface area (Å²) < 4.78 is 0. The maximum Gasteiger partial charge on any atom is 0.240 e. The van der Waals surface area contributed by atoms with Gasteiger partial charge in [-0.25, -0.2) is 0 Å². The molecule has 16 heavy (non-hydrogen) atoms. The number of nitrogens with zero attached hydrogens (tertiary/aromatic N) is 1. The van der Waals surface area contributed by atoms with Crippen LogP contribution in [0.3, 0.4) is 0 Å². The molecule has 0 atom stereocenters. The third kappa shape index (κ3) is 1.61. The number of carbonyl (C=O) groups excluding carboxylic acids is 1. The summed E-state index contributed by atoms with van der Waals surface area (Å²) in [6.45, 7) is 0. The Morgan fingerprint density at radius 2 is 1.81 bits per heavy atom. The molecule has 1 amide bonds. The van der Waals surface area contributed by atoms with Crippen molar-refractivity contribution in [1.82, 2.24) is 5.32 Å². The Hall–Kier alpha value is -1.04. The summed E-state index contributed by atoms with van der Waals surface area (Å²) in [6, 6.07) is 2.61. The second-order valence-electron chi connectivity index (χ2n) is 5.72. The van der Waals surface area contributed by atoms with Crippen LogP contribution in [0.4, 0.5) is 0 Å². The number of rotatable bonds is 4. The average Bonchev–Trinajstić information content (AvgIpc) is 3.06. The maximum atomic E-state index is 12.1. The molecule has 0 aromatic rings. The number of hydrogen-bond acceptors (Lipinski definition) is 2. The van der Waals surface area contributed by atoms with Gasteiger partial charge in [-0.05, 0) is 56.8 Å². The van der Waals surface area contributed by atoms with Crippen LogP contribution in [0.2, 0.25) is 0 Å². The standard InChI is InChI=1S/C13H18N2O/c14-8-13(6-1-7-13)12(16)15-11(9-2-3-9)10-4-5-10/h9-11H,1-7H2,(H,15,16). The Morgan fingerprint density at radius 3 is 2.12 bits per heavy atom. The van der Waals surface area contributed by atoms with Crippen LogP contribution in [-0.4, -0.2) is 11.9 Å². The Balaban J connectivity index is 1.64. The summed E-state index contributed by atoms with van der Waals surface area (Å²) in [4.78, 5) is 12.1. The summed E-state index contributed by atoms with van der Waals surface area (Å²) in [5.74, 6) is 1.45. The fourth-order valence-electron chi connectivity index (χ4n) is 2.74. The van der Waals surface area contributed by atoms with Gasteiger partial charge in [0.15, 0.2) is 0 Å². The Labute approximate surface area is 96.2 Å². The summed E-state index contributed by atoms with van der Waals surface area (Å²) in [5, 5.41) is 12.3. The molecule has 3 fully saturated rings. The third-order valence-electron chi connectivity index (χ3n) is 4.41. The number of hydrogen-bond donors (Lipinski definition) is 1. The van der Waals surface area contributed by atoms with Gasteiger partial charge in [0.2, 0.25) is 5.91 Å². The molecule has 0 saturated heterocycles. The Kier molecular flexibility index (Phi) is 2.20. The van der Waals surface area contributed by atoms with Crippen LogP contribution in [0.1, 0.15) is 44.9 Å². The van der Waals surface area contributed by atoms with Crippen molar-refractivity contribution >= 4 is 5.91 Å². The SMILES string of the molecule is N#CC1(C(=O)NC(C2CC2)C2CC2)CCC1. The molecule has 86 valence electrons. The molecule has 3 nitrogen and oxygen atoms in total. The van der Waals surface area contributed by atoms with Gasteiger partial charge in [0.25, 0.3) is 0 Å². The normalized spacial score (nSPS) is 27.0. The van der Waals surface area contributed by atoms with E-state index in [9.17, 15) is 4.79 Å². The van der Waals surface area contributed by atoms with Crippen LogP contribution in [0.25, 0.3) is 0 Å². The van der Waals surface area contributed by atoms with E-state index in [1.165, 1.54) is 25.7 Å². The lowest BCUT2D eigenvalue weighted by Gasteiger charge is -2.35. The highest BCUT2D eigenvalue weighted by Gasteiger charge is 2.48. The molecule has 3 rings (SSSR count). The lowest BCUT2D eigenvalue weighted by Crippen LogP contribution is -2.49. The average molecular weight is 218 g/mol. The summed E-state index contributed by atoms with van der Waals surface area (Å²) >= 11 is 0. The van der Waals surface area contributed by atoms with Crippen molar-refractivity contribution in [3.05, 3.63) is 0 Å². The van der Waals surface area contributed by atoms with E-state index in [0.29, 0.717) is 17.9 Å². The van der Waals surface area contributed by atoms with Crippen molar-refractivity contribution in [2.45, 2.75) is 51.0 Å². The lowest BCUT2D eigenvalue weighted by atomic mass is 9.69. The van der Waals surface area contributed by atoms with Crippen molar-refractivity contribution in [2.24, 2.45) is 17.3 Å². The molecule has 0 unspecified atom stereocenters. The molecule has 0 aromatic carbocycles. The first kappa shape index (κ1) is 10.1. The van der Waals surface area contributed by atoms with E-state index in [1.54, 1.807) is 0 Å². The molecule has 0 aromatic heterocycles. The topological polar surface area (TPSA) is 52.9 Å². The van der Waals surface area contributed by atoms with Crippen molar-refractivity contribution in [3.8, 4) is 6.07 Å². The van der Waals surface area contributed by atoms with E-state index in [1.807, 2.05) is 0 Å². The van der Waals surface area contributed by atoms with Crippen molar-refractivity contribution in [1.29, 1.82) is 5.26 Å². The van der Waals surface area contributed by atoms with Crippen LogP contribution >= 0.6 is 0 Å². The number of carbonyl (C=O) groups is 1. The van der Waals surface area contributed by atoms with Gasteiger partial charge >= 0.3 is 0 Å². The fourth-order valence-corrected chi connectivity index (χ4v) is 2.74. The minimum Gasteiger partial charge on any atom is -0.351 e. The van der Waals surface area contributed by atoms with Crippen LogP contribution < -0.4 is 5.32 Å². The maximum absolute atomic E-state index is 12.1. The lowest BCUT2D eigenvalue weighted by molar-refractivity contribution is -0.132. The van der Waals surface area contributed by atoms with Gasteiger partial charge in [0.05, 0.1) is 6.07 Å². The van der Waals surface area contributed by atoms with E-state index < -0.39 is 5.41 Å². The Morgan fingerprint density at radius 1 is 1.25 bits per heavy atom. The van der Waals surface area contributed by atoms with Crippen LogP contribution in [0, 0.1) is 28.6 Å². The zero-order valence-electron chi connectivity index (χ0n) is 9.54. The molecule has 1 N–H and O–H groups in total. The van der Waals surface area contributed by atoms with Gasteiger partial charge in [0.1, 0.15) is 5.41 Å². The minimum atomic E-state index is -0.665. The van der Waals surface area contributed by atoms with Gasteiger partial charge in [0, 0.05) is 6.04 Å². The fraction of sp³-hybridized carbons (Fsp3) is 0.846. The first-order chi connectivity index (χ1) is 7.75. The predicted octanol–water partition coefficient (Wildman–Crippen LogP) is 1.99. The molecule has 0 bridgehead atoms. The van der Waals surface area contributed by atoms with Gasteiger partial charge in [-0.15, -0.1) is 0 Å². The van der Waals surface area contributed by atoms with Crippen molar-refractivity contribution < 1.29 is 4.79 Å². The molecule has 3 heteroatoms. The summed E-state index contributed by atoms with van der Waals surface area (Å²) in [5.41, 5.74) is -0.665. The molecular formula is C13H18N2O. The zero-order chi connectivity index (χ0) is 11.2. The van der Waals surface area contributed by atoms with Gasteiger partial charge in [-0.2, -0.15) is 5.26 Å². The smallest absolute Gasteiger partial charge is 0.240 e. The predicted molar refractivity (Wildman–Crippen MR) is 59.3 cm³/mol. The van der Waals surface area contributed by atoms with Gasteiger partial charge in [-0.3, -0.25) is 4.79 Å². The summed E-state index contributed by atoms with van der Waals surface area (Å²) in [6.07, 6.45) is 7.61. The van der Waals surface area contributed by atoms with Gasteiger partial charge < -0.3 is 5.32 Å². The molecule has 0 radical (unpaired) electrons. The molecule has 0 heterocycles. The van der Waals surface area contributed by atoms with Crippen molar-refractivity contribution in [3.63, 3.8) is 0 Å². The zero-order valence-corrected chi connectivity index (χ0v) is 9.54. The highest BCUT2D eigenvalue weighted by atomic mass is 16.2. The van der Waals surface area contributed by atoms with E-state index in [0.717, 1.165) is 19.3 Å². The van der Waals surface area contributed by atoms with Crippen LogP contribution in [0.5, 0.6) is 0 Å². The molecule has 0 aliphatic heterocycles. The Bertz CT molecular complexity index is 333. The quantitative estimate of drug-likeness (QED) is 0.784. The number of amides is 1. The highest BCUT2D eigenvalue weighted by Crippen LogP contribution is 2.46. The van der Waals surface area contributed by atoms with Gasteiger partial charge in [-0.1, -0.05) is 0 Å². The molecule has 3 saturated carbocycles. The van der Waals surface area contributed by atoms with Crippen LogP contribution in [-0.2, 0) is 4.79 Å². The minimum absolute atomic E-state index is 0.0186. The first-order valence-corrected chi connectivity index (χ1v) is 6.47. The van der Waals surface area contributed by atoms with E-state index >= 15 is 0 Å². The molecule has 3 aliphatic rings. The van der Waals surface area contributed by atoms with E-state index in [4.69, 9.17) is 5.26 Å². The number of nitrogens with one attached hydrogen (secondary N) is 1. The van der Waals surface area contributed by atoms with E-state index in [-0.39, 0.29) is 5.91 Å². The monoisotopic (exact) mass is 218 g/mol. The summed E-state index contributed by atoms with van der Waals surface area (Å²) in [7, 11) is 0. The van der Waals surface area contributed by atoms with Crippen molar-refractivity contribution in [2.75, 3.05) is 0 Å². The van der Waals surface area contributed by atoms with E-state index in [2.05, 4.69) is 11.4 Å².